The van der Waals surface area contributed by atoms with Crippen molar-refractivity contribution in [2.75, 3.05) is 0 Å². The lowest BCUT2D eigenvalue weighted by Gasteiger charge is -2.18. The van der Waals surface area contributed by atoms with Crippen molar-refractivity contribution in [2.24, 2.45) is 0 Å². The Kier molecular flexibility index (Phi) is 11.2. The summed E-state index contributed by atoms with van der Waals surface area (Å²) >= 11 is 7.60. The lowest BCUT2D eigenvalue weighted by atomic mass is 10.1. The van der Waals surface area contributed by atoms with Gasteiger partial charge >= 0.3 is 5.97 Å². The average Bonchev–Trinajstić information content (AvgIpc) is 2.31. The molecule has 0 saturated heterocycles. The molecule has 0 saturated carbocycles. The van der Waals surface area contributed by atoms with Crippen molar-refractivity contribution in [1.82, 2.24) is 0 Å². The van der Waals surface area contributed by atoms with Crippen LogP contribution < -0.4 is 0 Å². The summed E-state index contributed by atoms with van der Waals surface area (Å²) in [6, 6.07) is 0. The number of ether oxygens (including phenoxy) is 1. The summed E-state index contributed by atoms with van der Waals surface area (Å²) in [5.74, 6) is -0.243. The van der Waals surface area contributed by atoms with Crippen LogP contribution in [0.3, 0.4) is 0 Å². The Bertz CT molecular complexity index is 239. The fraction of sp³-hybridized carbons (Fsp3) is 0.933. The minimum absolute atomic E-state index is 0.243. The summed E-state index contributed by atoms with van der Waals surface area (Å²) in [7, 11) is 0. The van der Waals surface area contributed by atoms with E-state index >= 15 is 0 Å². The van der Waals surface area contributed by atoms with Crippen LogP contribution in [0.15, 0.2) is 0 Å². The molecule has 0 aromatic rings. The fourth-order valence-corrected chi connectivity index (χ4v) is 2.15. The SMILES string of the molecule is CCCCCCCCCCC(S)OC(=O)C(C)(C)Br. The van der Waals surface area contributed by atoms with Gasteiger partial charge < -0.3 is 4.74 Å². The number of hydrogen-bond acceptors (Lipinski definition) is 3. The van der Waals surface area contributed by atoms with Crippen LogP contribution in [-0.2, 0) is 9.53 Å². The van der Waals surface area contributed by atoms with Gasteiger partial charge in [0.05, 0.1) is 0 Å². The first-order chi connectivity index (χ1) is 8.88. The highest BCUT2D eigenvalue weighted by molar-refractivity contribution is 9.10. The standard InChI is InChI=1S/C15H29BrO2S/c1-4-5-6-7-8-9-10-11-12-13(19)18-14(17)15(2,3)16/h13,19H,4-12H2,1-3H3. The molecule has 0 aromatic heterocycles. The molecule has 19 heavy (non-hydrogen) atoms. The zero-order valence-electron chi connectivity index (χ0n) is 12.6. The predicted octanol–water partition coefficient (Wildman–Crippen LogP) is 5.49. The molecular weight excluding hydrogens is 324 g/mol. The highest BCUT2D eigenvalue weighted by Gasteiger charge is 2.27. The molecule has 0 heterocycles. The van der Waals surface area contributed by atoms with Crippen molar-refractivity contribution in [2.45, 2.75) is 88.3 Å². The van der Waals surface area contributed by atoms with Crippen LogP contribution in [-0.4, -0.2) is 15.7 Å². The van der Waals surface area contributed by atoms with Crippen LogP contribution in [0.4, 0.5) is 0 Å². The number of carbonyl (C=O) groups is 1. The normalized spacial score (nSPS) is 13.3. The molecule has 0 fully saturated rings. The van der Waals surface area contributed by atoms with Crippen LogP contribution in [0.5, 0.6) is 0 Å². The van der Waals surface area contributed by atoms with E-state index in [2.05, 4.69) is 35.5 Å². The number of carbonyl (C=O) groups excluding carboxylic acids is 1. The van der Waals surface area contributed by atoms with Crippen molar-refractivity contribution in [3.05, 3.63) is 0 Å². The van der Waals surface area contributed by atoms with E-state index in [1.807, 2.05) is 0 Å². The molecule has 1 atom stereocenters. The van der Waals surface area contributed by atoms with Crippen molar-refractivity contribution < 1.29 is 9.53 Å². The summed E-state index contributed by atoms with van der Waals surface area (Å²) in [5, 5.41) is 0. The second-order valence-electron chi connectivity index (χ2n) is 5.60. The maximum Gasteiger partial charge on any atom is 0.323 e. The van der Waals surface area contributed by atoms with E-state index in [1.54, 1.807) is 13.8 Å². The van der Waals surface area contributed by atoms with Gasteiger partial charge in [0.15, 0.2) is 0 Å². The molecule has 114 valence electrons. The molecular formula is C15H29BrO2S. The van der Waals surface area contributed by atoms with E-state index in [9.17, 15) is 4.79 Å². The predicted molar refractivity (Wildman–Crippen MR) is 89.1 cm³/mol. The minimum atomic E-state index is -0.618. The minimum Gasteiger partial charge on any atom is -0.451 e. The van der Waals surface area contributed by atoms with Crippen molar-refractivity contribution in [1.29, 1.82) is 0 Å². The molecule has 0 aliphatic carbocycles. The Labute approximate surface area is 132 Å². The monoisotopic (exact) mass is 352 g/mol. The van der Waals surface area contributed by atoms with E-state index in [0.29, 0.717) is 0 Å². The zero-order chi connectivity index (χ0) is 14.7. The Balaban J connectivity index is 3.44. The number of alkyl halides is 1. The van der Waals surface area contributed by atoms with Gasteiger partial charge in [0.1, 0.15) is 9.76 Å². The summed E-state index contributed by atoms with van der Waals surface area (Å²) in [6.07, 6.45) is 11.1. The van der Waals surface area contributed by atoms with Crippen molar-refractivity contribution >= 4 is 34.5 Å². The molecule has 0 spiro atoms. The first-order valence-electron chi connectivity index (χ1n) is 7.46. The van der Waals surface area contributed by atoms with Crippen molar-refractivity contribution in [3.8, 4) is 0 Å². The first kappa shape index (κ1) is 19.3. The van der Waals surface area contributed by atoms with Crippen LogP contribution in [0.25, 0.3) is 0 Å². The van der Waals surface area contributed by atoms with Crippen molar-refractivity contribution in [3.63, 3.8) is 0 Å². The number of esters is 1. The van der Waals surface area contributed by atoms with Gasteiger partial charge in [0, 0.05) is 0 Å². The molecule has 0 aliphatic rings. The van der Waals surface area contributed by atoms with E-state index in [-0.39, 0.29) is 11.4 Å². The number of hydrogen-bond donors (Lipinski definition) is 1. The second-order valence-corrected chi connectivity index (χ2v) is 8.15. The maximum atomic E-state index is 11.6. The van der Waals surface area contributed by atoms with Gasteiger partial charge in [0.2, 0.25) is 0 Å². The Morgan fingerprint density at radius 3 is 2.05 bits per heavy atom. The molecule has 4 heteroatoms. The third-order valence-electron chi connectivity index (χ3n) is 3.03. The quantitative estimate of drug-likeness (QED) is 0.175. The van der Waals surface area contributed by atoms with Crippen LogP contribution in [0, 0.1) is 0 Å². The van der Waals surface area contributed by atoms with Gasteiger partial charge in [-0.15, -0.1) is 12.6 Å². The molecule has 2 nitrogen and oxygen atoms in total. The third kappa shape index (κ3) is 11.8. The topological polar surface area (TPSA) is 26.3 Å². The van der Waals surface area contributed by atoms with Gasteiger partial charge in [-0.25, -0.2) is 0 Å². The van der Waals surface area contributed by atoms with Crippen LogP contribution >= 0.6 is 28.6 Å². The molecule has 0 aromatic carbocycles. The zero-order valence-corrected chi connectivity index (χ0v) is 15.1. The van der Waals surface area contributed by atoms with Gasteiger partial charge in [-0.05, 0) is 26.7 Å². The molecule has 0 amide bonds. The molecule has 1 unspecified atom stereocenters. The number of halogens is 1. The summed E-state index contributed by atoms with van der Waals surface area (Å²) in [4.78, 5) is 11.6. The average molecular weight is 353 g/mol. The molecule has 0 bridgehead atoms. The molecule has 0 rings (SSSR count). The summed E-state index contributed by atoms with van der Waals surface area (Å²) < 4.78 is 4.64. The van der Waals surface area contributed by atoms with E-state index in [4.69, 9.17) is 4.74 Å². The summed E-state index contributed by atoms with van der Waals surface area (Å²) in [6.45, 7) is 5.81. The largest absolute Gasteiger partial charge is 0.451 e. The lowest BCUT2D eigenvalue weighted by molar-refractivity contribution is -0.147. The Morgan fingerprint density at radius 2 is 1.58 bits per heavy atom. The van der Waals surface area contributed by atoms with E-state index in [0.717, 1.165) is 12.8 Å². The van der Waals surface area contributed by atoms with Crippen LogP contribution in [0.1, 0.15) is 78.6 Å². The highest BCUT2D eigenvalue weighted by Crippen LogP contribution is 2.21. The molecule has 0 aliphatic heterocycles. The fourth-order valence-electron chi connectivity index (χ4n) is 1.78. The van der Waals surface area contributed by atoms with Gasteiger partial charge in [-0.3, -0.25) is 4.79 Å². The highest BCUT2D eigenvalue weighted by atomic mass is 79.9. The van der Waals surface area contributed by atoms with Crippen LogP contribution in [0.2, 0.25) is 0 Å². The second kappa shape index (κ2) is 11.0. The maximum absolute atomic E-state index is 11.6. The van der Waals surface area contributed by atoms with Gasteiger partial charge in [-0.2, -0.15) is 0 Å². The Morgan fingerprint density at radius 1 is 1.11 bits per heavy atom. The smallest absolute Gasteiger partial charge is 0.323 e. The Hall–Kier alpha value is 0.300. The first-order valence-corrected chi connectivity index (χ1v) is 8.77. The lowest BCUT2D eigenvalue weighted by Crippen LogP contribution is -2.29. The van der Waals surface area contributed by atoms with Gasteiger partial charge in [-0.1, -0.05) is 67.8 Å². The van der Waals surface area contributed by atoms with Gasteiger partial charge in [0.25, 0.3) is 0 Å². The number of rotatable bonds is 11. The third-order valence-corrected chi connectivity index (χ3v) is 3.72. The molecule has 0 radical (unpaired) electrons. The summed E-state index contributed by atoms with van der Waals surface area (Å²) in [5.41, 5.74) is -0.274. The van der Waals surface area contributed by atoms with E-state index < -0.39 is 4.32 Å². The number of thiol groups is 1. The van der Waals surface area contributed by atoms with E-state index in [1.165, 1.54) is 44.9 Å². The molecule has 0 N–H and O–H groups in total. The number of unbranched alkanes of at least 4 members (excludes halogenated alkanes) is 7.